The minimum atomic E-state index is -0.878. The van der Waals surface area contributed by atoms with E-state index in [4.69, 9.17) is 4.74 Å². The maximum atomic E-state index is 13.1. The molecule has 45 heavy (non-hydrogen) atoms. The second-order valence-electron chi connectivity index (χ2n) is 18.9. The maximum Gasteiger partial charge on any atom is 0.306 e. The molecule has 0 unspecified atom stereocenters. The highest BCUT2D eigenvalue weighted by molar-refractivity contribution is 5.79. The predicted octanol–water partition coefficient (Wildman–Crippen LogP) is 9.82. The summed E-state index contributed by atoms with van der Waals surface area (Å²) in [4.78, 5) is 37.5. The van der Waals surface area contributed by atoms with Crippen LogP contribution in [0.2, 0.25) is 0 Å². The molecule has 0 radical (unpaired) electrons. The molecule has 0 aromatic rings. The van der Waals surface area contributed by atoms with Crippen molar-refractivity contribution in [3.63, 3.8) is 0 Å². The average Bonchev–Trinajstić information content (AvgIpc) is 3.29. The van der Waals surface area contributed by atoms with Gasteiger partial charge in [-0.15, -0.1) is 0 Å². The van der Waals surface area contributed by atoms with Gasteiger partial charge in [0, 0.05) is 18.3 Å². The van der Waals surface area contributed by atoms with Gasteiger partial charge in [0.15, 0.2) is 0 Å². The number of allylic oxidation sites excluding steroid dienone is 1. The van der Waals surface area contributed by atoms with Gasteiger partial charge in [-0.3, -0.25) is 14.4 Å². The molecular formula is C40H64O5. The Morgan fingerprint density at radius 1 is 0.844 bits per heavy atom. The fourth-order valence-corrected chi connectivity index (χ4v) is 13.4. The first kappa shape index (κ1) is 34.7. The Bertz CT molecular complexity index is 1210. The molecule has 5 aliphatic rings. The van der Waals surface area contributed by atoms with Crippen LogP contribution >= 0.6 is 0 Å². The highest BCUT2D eigenvalue weighted by Gasteiger charge is 2.71. The zero-order valence-electron chi connectivity index (χ0n) is 30.2. The molecule has 0 saturated heterocycles. The van der Waals surface area contributed by atoms with E-state index in [2.05, 4.69) is 48.1 Å². The van der Waals surface area contributed by atoms with Gasteiger partial charge < -0.3 is 9.84 Å². The van der Waals surface area contributed by atoms with Crippen molar-refractivity contribution in [3.8, 4) is 0 Å². The van der Waals surface area contributed by atoms with Crippen LogP contribution in [0.25, 0.3) is 0 Å². The fourth-order valence-electron chi connectivity index (χ4n) is 13.4. The van der Waals surface area contributed by atoms with E-state index in [1.165, 1.54) is 50.5 Å². The summed E-state index contributed by atoms with van der Waals surface area (Å²) in [5.41, 5.74) is 1.40. The number of Topliss-reactive ketones (excluding diaryl/α,β-unsaturated/α-hetero) is 1. The smallest absolute Gasteiger partial charge is 0.306 e. The van der Waals surface area contributed by atoms with Gasteiger partial charge in [-0.2, -0.15) is 0 Å². The molecule has 10 atom stereocenters. The van der Waals surface area contributed by atoms with E-state index in [1.807, 2.05) is 20.8 Å². The first-order valence-electron chi connectivity index (χ1n) is 18.3. The number of carboxylic acids is 1. The third kappa shape index (κ3) is 5.46. The van der Waals surface area contributed by atoms with E-state index in [1.54, 1.807) is 0 Å². The van der Waals surface area contributed by atoms with Crippen LogP contribution in [-0.4, -0.2) is 28.9 Å². The molecule has 5 aliphatic carbocycles. The molecule has 0 aromatic heterocycles. The van der Waals surface area contributed by atoms with Crippen LogP contribution in [0.15, 0.2) is 12.2 Å². The van der Waals surface area contributed by atoms with Gasteiger partial charge in [0.05, 0.1) is 12.8 Å². The lowest BCUT2D eigenvalue weighted by molar-refractivity contribution is -0.250. The molecule has 5 nitrogen and oxygen atoms in total. The lowest BCUT2D eigenvalue weighted by Crippen LogP contribution is -2.66. The topological polar surface area (TPSA) is 80.7 Å². The second-order valence-corrected chi connectivity index (χ2v) is 18.9. The molecule has 5 saturated carbocycles. The zero-order chi connectivity index (χ0) is 33.4. The van der Waals surface area contributed by atoms with Crippen molar-refractivity contribution in [2.24, 2.45) is 62.1 Å². The Labute approximate surface area is 274 Å². The molecule has 0 heterocycles. The standard InChI is InChI=1S/C40H64O5/c1-11-26(41)22-40-19-14-27(25(2)3)34(40)28-12-13-30-37(8)17-16-31(45-33(44)24-35(4,5)23-32(42)43)36(6,7)29(37)15-18-39(30,10)38(28,9)20-21-40/h27-31,34H,2,11-24H2,1,3-10H3,(H,42,43)/t27-,28+,29-,30+,31-,34+,37-,38+,39+,40+/m0/s1. The van der Waals surface area contributed by atoms with E-state index in [9.17, 15) is 19.5 Å². The monoisotopic (exact) mass is 624 g/mol. The Kier molecular flexibility index (Phi) is 8.86. The largest absolute Gasteiger partial charge is 0.481 e. The molecule has 0 aliphatic heterocycles. The van der Waals surface area contributed by atoms with Gasteiger partial charge in [0.25, 0.3) is 0 Å². The number of esters is 1. The summed E-state index contributed by atoms with van der Waals surface area (Å²) < 4.78 is 6.25. The minimum Gasteiger partial charge on any atom is -0.481 e. The van der Waals surface area contributed by atoms with Crippen molar-refractivity contribution in [3.05, 3.63) is 12.2 Å². The van der Waals surface area contributed by atoms with Crippen molar-refractivity contribution < 1.29 is 24.2 Å². The van der Waals surface area contributed by atoms with Gasteiger partial charge in [0.1, 0.15) is 11.9 Å². The van der Waals surface area contributed by atoms with Crippen molar-refractivity contribution in [2.75, 3.05) is 0 Å². The minimum absolute atomic E-state index is 0.0408. The molecule has 0 bridgehead atoms. The van der Waals surface area contributed by atoms with Crippen LogP contribution in [0.4, 0.5) is 0 Å². The molecular weight excluding hydrogens is 560 g/mol. The molecule has 0 amide bonds. The molecule has 5 fully saturated rings. The number of ketones is 1. The van der Waals surface area contributed by atoms with Crippen molar-refractivity contribution in [2.45, 2.75) is 158 Å². The Hall–Kier alpha value is -1.65. The van der Waals surface area contributed by atoms with E-state index >= 15 is 0 Å². The molecule has 5 rings (SSSR count). The average molecular weight is 625 g/mol. The van der Waals surface area contributed by atoms with E-state index < -0.39 is 11.4 Å². The lowest BCUT2D eigenvalue weighted by atomic mass is 9.32. The molecule has 1 N–H and O–H groups in total. The summed E-state index contributed by atoms with van der Waals surface area (Å²) in [5, 5.41) is 9.30. The molecule has 0 spiro atoms. The van der Waals surface area contributed by atoms with Gasteiger partial charge in [-0.1, -0.05) is 67.5 Å². The number of carbonyl (C=O) groups is 3. The van der Waals surface area contributed by atoms with Gasteiger partial charge in [0.2, 0.25) is 0 Å². The summed E-state index contributed by atoms with van der Waals surface area (Å²) in [6.07, 6.45) is 13.0. The number of carbonyl (C=O) groups excluding carboxylic acids is 2. The first-order chi connectivity index (χ1) is 20.8. The van der Waals surface area contributed by atoms with Crippen LogP contribution in [0.5, 0.6) is 0 Å². The van der Waals surface area contributed by atoms with Gasteiger partial charge in [-0.25, -0.2) is 0 Å². The molecule has 5 heteroatoms. The first-order valence-corrected chi connectivity index (χ1v) is 18.3. The van der Waals surface area contributed by atoms with E-state index in [0.717, 1.165) is 25.7 Å². The number of fused-ring (bicyclic) bond motifs is 7. The summed E-state index contributed by atoms with van der Waals surface area (Å²) in [6.45, 7) is 25.0. The number of hydrogen-bond acceptors (Lipinski definition) is 4. The number of ether oxygens (including phenoxy) is 1. The third-order valence-electron chi connectivity index (χ3n) is 15.6. The Morgan fingerprint density at radius 2 is 1.53 bits per heavy atom. The number of carboxylic acid groups (broad SMARTS) is 1. The normalized spacial score (nSPS) is 43.7. The van der Waals surface area contributed by atoms with Crippen molar-refractivity contribution in [1.29, 1.82) is 0 Å². The lowest BCUT2D eigenvalue weighted by Gasteiger charge is -2.73. The molecule has 0 aromatic carbocycles. The third-order valence-corrected chi connectivity index (χ3v) is 15.6. The van der Waals surface area contributed by atoms with Crippen LogP contribution in [-0.2, 0) is 19.1 Å². The number of aliphatic carboxylic acids is 1. The fraction of sp³-hybridized carbons (Fsp3) is 0.875. The van der Waals surface area contributed by atoms with E-state index in [-0.39, 0.29) is 52.0 Å². The predicted molar refractivity (Wildman–Crippen MR) is 179 cm³/mol. The maximum absolute atomic E-state index is 13.1. The van der Waals surface area contributed by atoms with Crippen molar-refractivity contribution in [1.82, 2.24) is 0 Å². The highest BCUT2D eigenvalue weighted by atomic mass is 16.5. The van der Waals surface area contributed by atoms with E-state index in [0.29, 0.717) is 41.8 Å². The summed E-state index contributed by atoms with van der Waals surface area (Å²) in [6, 6.07) is 0. The quantitative estimate of drug-likeness (QED) is 0.204. The Balaban J connectivity index is 1.40. The summed E-state index contributed by atoms with van der Waals surface area (Å²) in [7, 11) is 0. The van der Waals surface area contributed by atoms with Crippen molar-refractivity contribution >= 4 is 17.7 Å². The summed E-state index contributed by atoms with van der Waals surface area (Å²) >= 11 is 0. The van der Waals surface area contributed by atoms with Gasteiger partial charge >= 0.3 is 11.9 Å². The van der Waals surface area contributed by atoms with Crippen LogP contribution in [0.3, 0.4) is 0 Å². The Morgan fingerprint density at radius 3 is 2.16 bits per heavy atom. The SMILES string of the molecule is C=C(C)[C@@H]1CC[C@]2(CC(=O)CC)CC[C@]3(C)[C@H](CC[C@@H]4[C@@]5(C)CC[C@H](OC(=O)CC(C)(C)CC(=O)O)C(C)(C)[C@@H]5CC[C@]43C)[C@@H]12. The highest BCUT2D eigenvalue weighted by Crippen LogP contribution is 2.78. The van der Waals surface area contributed by atoms with Crippen LogP contribution in [0.1, 0.15) is 152 Å². The van der Waals surface area contributed by atoms with Crippen LogP contribution < -0.4 is 0 Å². The second kappa shape index (κ2) is 11.5. The molecule has 254 valence electrons. The van der Waals surface area contributed by atoms with Gasteiger partial charge in [-0.05, 0) is 128 Å². The number of rotatable bonds is 9. The number of hydrogen-bond donors (Lipinski definition) is 1. The van der Waals surface area contributed by atoms with Crippen LogP contribution in [0, 0.1) is 62.1 Å². The zero-order valence-corrected chi connectivity index (χ0v) is 30.2. The summed E-state index contributed by atoms with van der Waals surface area (Å²) in [5.74, 6) is 2.17.